The minimum atomic E-state index is -0.165. The third-order valence-corrected chi connectivity index (χ3v) is 4.59. The third kappa shape index (κ3) is 4.58. The number of benzene rings is 1. The van der Waals surface area contributed by atoms with Gasteiger partial charge in [0.2, 0.25) is 5.91 Å². The van der Waals surface area contributed by atoms with Crippen LogP contribution in [0.3, 0.4) is 0 Å². The summed E-state index contributed by atoms with van der Waals surface area (Å²) < 4.78 is 7.01. The van der Waals surface area contributed by atoms with E-state index in [0.29, 0.717) is 50.7 Å². The molecule has 148 valence electrons. The fourth-order valence-corrected chi connectivity index (χ4v) is 3.07. The molecule has 2 aromatic rings. The normalized spacial score (nSPS) is 14.5. The first kappa shape index (κ1) is 19.6. The van der Waals surface area contributed by atoms with Crippen LogP contribution in [0.2, 0.25) is 0 Å². The van der Waals surface area contributed by atoms with E-state index in [-0.39, 0.29) is 11.8 Å². The second kappa shape index (κ2) is 9.18. The van der Waals surface area contributed by atoms with E-state index in [9.17, 15) is 9.59 Å². The molecule has 2 amide bonds. The number of aromatic nitrogens is 2. The molecule has 1 fully saturated rings. The molecule has 0 atom stereocenters. The fraction of sp³-hybridized carbons (Fsp3) is 0.350. The van der Waals surface area contributed by atoms with Crippen LogP contribution in [0.25, 0.3) is 5.69 Å². The van der Waals surface area contributed by atoms with Crippen molar-refractivity contribution in [3.63, 3.8) is 0 Å². The molecule has 1 aliphatic rings. The lowest BCUT2D eigenvalue weighted by Crippen LogP contribution is -2.51. The number of rotatable bonds is 7. The molecule has 0 bridgehead atoms. The second-order valence-corrected chi connectivity index (χ2v) is 6.49. The van der Waals surface area contributed by atoms with Gasteiger partial charge in [-0.25, -0.2) is 4.68 Å². The standard InChI is InChI=1S/C20H25N5O3/c1-3-9-21-18(26)15-23-10-12-24(13-11-23)20(27)19-17(28-2)14-25(22-19)16-7-5-4-6-8-16/h3-8,14H,1,9-13,15H2,2H3,(H,21,26). The summed E-state index contributed by atoms with van der Waals surface area (Å²) >= 11 is 0. The molecule has 2 heterocycles. The number of carbonyl (C=O) groups excluding carboxylic acids is 2. The Hall–Kier alpha value is -3.13. The highest BCUT2D eigenvalue weighted by atomic mass is 16.5. The number of methoxy groups -OCH3 is 1. The van der Waals surface area contributed by atoms with Crippen molar-refractivity contribution in [2.45, 2.75) is 0 Å². The zero-order valence-electron chi connectivity index (χ0n) is 16.0. The van der Waals surface area contributed by atoms with Crippen molar-refractivity contribution in [3.8, 4) is 11.4 Å². The average Bonchev–Trinajstić information content (AvgIpc) is 3.17. The Morgan fingerprint density at radius 2 is 1.93 bits per heavy atom. The van der Waals surface area contributed by atoms with Crippen LogP contribution in [0.5, 0.6) is 5.75 Å². The number of nitrogens with one attached hydrogen (secondary N) is 1. The number of piperazine rings is 1. The number of ether oxygens (including phenoxy) is 1. The predicted octanol–water partition coefficient (Wildman–Crippen LogP) is 0.941. The summed E-state index contributed by atoms with van der Waals surface area (Å²) in [5.74, 6) is 0.241. The van der Waals surface area contributed by atoms with Crippen molar-refractivity contribution in [1.82, 2.24) is 24.9 Å². The van der Waals surface area contributed by atoms with Gasteiger partial charge in [-0.15, -0.1) is 6.58 Å². The van der Waals surface area contributed by atoms with Crippen LogP contribution in [0.1, 0.15) is 10.5 Å². The Bertz CT molecular complexity index is 826. The van der Waals surface area contributed by atoms with E-state index in [1.807, 2.05) is 35.2 Å². The first-order valence-corrected chi connectivity index (χ1v) is 9.20. The molecule has 3 rings (SSSR count). The summed E-state index contributed by atoms with van der Waals surface area (Å²) in [5, 5.41) is 7.21. The molecule has 1 aliphatic heterocycles. The smallest absolute Gasteiger partial charge is 0.278 e. The summed E-state index contributed by atoms with van der Waals surface area (Å²) in [4.78, 5) is 28.6. The van der Waals surface area contributed by atoms with E-state index in [0.717, 1.165) is 5.69 Å². The zero-order chi connectivity index (χ0) is 19.9. The summed E-state index contributed by atoms with van der Waals surface area (Å²) in [7, 11) is 1.53. The van der Waals surface area contributed by atoms with Gasteiger partial charge in [-0.3, -0.25) is 14.5 Å². The van der Waals surface area contributed by atoms with Crippen molar-refractivity contribution < 1.29 is 14.3 Å². The quantitative estimate of drug-likeness (QED) is 0.720. The molecule has 1 saturated heterocycles. The first-order chi connectivity index (χ1) is 13.6. The highest BCUT2D eigenvalue weighted by Gasteiger charge is 2.27. The van der Waals surface area contributed by atoms with Crippen LogP contribution in [0, 0.1) is 0 Å². The molecular formula is C20H25N5O3. The van der Waals surface area contributed by atoms with Gasteiger partial charge in [0.25, 0.3) is 5.91 Å². The molecule has 8 heteroatoms. The van der Waals surface area contributed by atoms with Gasteiger partial charge in [0.1, 0.15) is 0 Å². The SMILES string of the molecule is C=CCNC(=O)CN1CCN(C(=O)c2nn(-c3ccccc3)cc2OC)CC1. The molecule has 0 spiro atoms. The van der Waals surface area contributed by atoms with E-state index in [2.05, 4.69) is 17.0 Å². The molecule has 1 aromatic heterocycles. The van der Waals surface area contributed by atoms with Gasteiger partial charge in [0, 0.05) is 32.7 Å². The summed E-state index contributed by atoms with van der Waals surface area (Å²) in [5.41, 5.74) is 1.15. The number of hydrogen-bond acceptors (Lipinski definition) is 5. The average molecular weight is 383 g/mol. The van der Waals surface area contributed by atoms with Crippen LogP contribution in [-0.4, -0.2) is 77.8 Å². The Kier molecular flexibility index (Phi) is 6.44. The minimum absolute atomic E-state index is 0.0389. The van der Waals surface area contributed by atoms with Crippen molar-refractivity contribution in [3.05, 3.63) is 54.9 Å². The van der Waals surface area contributed by atoms with Crippen molar-refractivity contribution >= 4 is 11.8 Å². The van der Waals surface area contributed by atoms with Crippen molar-refractivity contribution in [1.29, 1.82) is 0 Å². The van der Waals surface area contributed by atoms with E-state index in [1.54, 1.807) is 21.9 Å². The number of para-hydroxylation sites is 1. The Morgan fingerprint density at radius 1 is 1.21 bits per heavy atom. The highest BCUT2D eigenvalue weighted by molar-refractivity contribution is 5.95. The van der Waals surface area contributed by atoms with Crippen LogP contribution < -0.4 is 10.1 Å². The fourth-order valence-electron chi connectivity index (χ4n) is 3.07. The monoisotopic (exact) mass is 383 g/mol. The lowest BCUT2D eigenvalue weighted by molar-refractivity contribution is -0.122. The summed E-state index contributed by atoms with van der Waals surface area (Å²) in [6.45, 7) is 6.70. The molecule has 1 N–H and O–H groups in total. The maximum atomic E-state index is 13.0. The van der Waals surface area contributed by atoms with Crippen LogP contribution >= 0.6 is 0 Å². The number of hydrogen-bond donors (Lipinski definition) is 1. The second-order valence-electron chi connectivity index (χ2n) is 6.49. The Balaban J connectivity index is 1.63. The number of carbonyl (C=O) groups is 2. The summed E-state index contributed by atoms with van der Waals surface area (Å²) in [6, 6.07) is 9.58. The molecule has 0 unspecified atom stereocenters. The molecule has 8 nitrogen and oxygen atoms in total. The number of amides is 2. The van der Waals surface area contributed by atoms with E-state index >= 15 is 0 Å². The van der Waals surface area contributed by atoms with Gasteiger partial charge in [-0.05, 0) is 12.1 Å². The summed E-state index contributed by atoms with van der Waals surface area (Å²) in [6.07, 6.45) is 3.36. The lowest BCUT2D eigenvalue weighted by atomic mass is 10.2. The minimum Gasteiger partial charge on any atom is -0.493 e. The first-order valence-electron chi connectivity index (χ1n) is 9.20. The van der Waals surface area contributed by atoms with Gasteiger partial charge in [-0.2, -0.15) is 5.10 Å². The van der Waals surface area contributed by atoms with Gasteiger partial charge in [0.05, 0.1) is 25.5 Å². The highest BCUT2D eigenvalue weighted by Crippen LogP contribution is 2.21. The van der Waals surface area contributed by atoms with Crippen LogP contribution in [0.4, 0.5) is 0 Å². The molecule has 0 aliphatic carbocycles. The molecule has 0 saturated carbocycles. The van der Waals surface area contributed by atoms with Gasteiger partial charge >= 0.3 is 0 Å². The maximum Gasteiger partial charge on any atom is 0.278 e. The molecular weight excluding hydrogens is 358 g/mol. The molecule has 0 radical (unpaired) electrons. The van der Waals surface area contributed by atoms with E-state index in [4.69, 9.17) is 4.74 Å². The zero-order valence-corrected chi connectivity index (χ0v) is 16.0. The third-order valence-electron chi connectivity index (χ3n) is 4.59. The number of nitrogens with zero attached hydrogens (tertiary/aromatic N) is 4. The Morgan fingerprint density at radius 3 is 2.57 bits per heavy atom. The largest absolute Gasteiger partial charge is 0.493 e. The predicted molar refractivity (Wildman–Crippen MR) is 106 cm³/mol. The van der Waals surface area contributed by atoms with Crippen LogP contribution in [-0.2, 0) is 4.79 Å². The molecule has 28 heavy (non-hydrogen) atoms. The van der Waals surface area contributed by atoms with E-state index < -0.39 is 0 Å². The van der Waals surface area contributed by atoms with Crippen molar-refractivity contribution in [2.24, 2.45) is 0 Å². The van der Waals surface area contributed by atoms with Crippen LogP contribution in [0.15, 0.2) is 49.2 Å². The van der Waals surface area contributed by atoms with E-state index in [1.165, 1.54) is 7.11 Å². The Labute approximate surface area is 164 Å². The lowest BCUT2D eigenvalue weighted by Gasteiger charge is -2.34. The van der Waals surface area contributed by atoms with Gasteiger partial charge < -0.3 is 15.0 Å². The van der Waals surface area contributed by atoms with Gasteiger partial charge in [0.15, 0.2) is 11.4 Å². The van der Waals surface area contributed by atoms with Gasteiger partial charge in [-0.1, -0.05) is 24.3 Å². The maximum absolute atomic E-state index is 13.0. The topological polar surface area (TPSA) is 79.7 Å². The van der Waals surface area contributed by atoms with Crippen molar-refractivity contribution in [2.75, 3.05) is 46.4 Å². The molecule has 1 aromatic carbocycles.